The molecule has 0 spiro atoms. The maximum atomic E-state index is 14.5. The minimum Gasteiger partial charge on any atom is -0.357 e. The van der Waals surface area contributed by atoms with Crippen LogP contribution in [-0.4, -0.2) is 56.5 Å². The second-order valence-corrected chi connectivity index (χ2v) is 9.03. The number of anilines is 2. The Balaban J connectivity index is 1.35. The molecule has 1 fully saturated rings. The zero-order chi connectivity index (χ0) is 24.7. The van der Waals surface area contributed by atoms with Gasteiger partial charge < -0.3 is 9.80 Å². The Morgan fingerprint density at radius 1 is 1.11 bits per heavy atom. The van der Waals surface area contributed by atoms with Gasteiger partial charge in [-0.15, -0.1) is 5.10 Å². The van der Waals surface area contributed by atoms with Crippen molar-refractivity contribution < 1.29 is 22.4 Å². The number of hydrogen-bond acceptors (Lipinski definition) is 5. The summed E-state index contributed by atoms with van der Waals surface area (Å²) in [6.45, 7) is 0.105. The van der Waals surface area contributed by atoms with Crippen molar-refractivity contribution in [2.45, 2.75) is 43.8 Å². The summed E-state index contributed by atoms with van der Waals surface area (Å²) >= 11 is 0. The van der Waals surface area contributed by atoms with Crippen LogP contribution in [0.15, 0.2) is 36.7 Å². The van der Waals surface area contributed by atoms with E-state index in [1.54, 1.807) is 12.4 Å². The highest BCUT2D eigenvalue weighted by Gasteiger charge is 2.40. The molecular weight excluding hydrogens is 466 g/mol. The summed E-state index contributed by atoms with van der Waals surface area (Å²) in [5.41, 5.74) is 0.769. The van der Waals surface area contributed by atoms with Crippen molar-refractivity contribution >= 4 is 17.4 Å². The first kappa shape index (κ1) is 23.3. The van der Waals surface area contributed by atoms with Crippen LogP contribution in [0.4, 0.5) is 29.1 Å². The quantitative estimate of drug-likeness (QED) is 0.522. The molecule has 1 saturated heterocycles. The number of piperidine rings is 1. The van der Waals surface area contributed by atoms with E-state index in [0.717, 1.165) is 31.7 Å². The number of carbonyl (C=O) groups excluding carboxylic acids is 1. The Kier molecular flexibility index (Phi) is 5.97. The maximum Gasteiger partial charge on any atom is 0.406 e. The van der Waals surface area contributed by atoms with Crippen LogP contribution < -0.4 is 9.80 Å². The van der Waals surface area contributed by atoms with Gasteiger partial charge in [-0.25, -0.2) is 9.07 Å². The number of alkyl halides is 3. The van der Waals surface area contributed by atoms with Crippen LogP contribution in [0.1, 0.15) is 42.5 Å². The SMILES string of the molecule is Cn1nccc1N1CCC(c2cn(C3CCc4c(F)cccc4N(CC(F)(F)F)C3=O)nn2)CC1. The largest absolute Gasteiger partial charge is 0.406 e. The molecule has 1 atom stereocenters. The fraction of sp³-hybridized carbons (Fsp3) is 0.478. The number of rotatable bonds is 4. The molecule has 186 valence electrons. The third-order valence-corrected chi connectivity index (χ3v) is 6.82. The Bertz CT molecular complexity index is 1210. The molecule has 2 aliphatic rings. The molecule has 12 heteroatoms. The van der Waals surface area contributed by atoms with Crippen LogP contribution in [0.25, 0.3) is 0 Å². The molecule has 2 aliphatic heterocycles. The van der Waals surface area contributed by atoms with Crippen LogP contribution >= 0.6 is 0 Å². The monoisotopic (exact) mass is 491 g/mol. The Hall–Kier alpha value is -3.44. The number of benzene rings is 1. The summed E-state index contributed by atoms with van der Waals surface area (Å²) < 4.78 is 57.7. The fourth-order valence-corrected chi connectivity index (χ4v) is 5.05. The highest BCUT2D eigenvalue weighted by Crippen LogP contribution is 2.36. The second-order valence-electron chi connectivity index (χ2n) is 9.03. The normalized spacial score (nSPS) is 19.7. The average molecular weight is 491 g/mol. The van der Waals surface area contributed by atoms with Crippen LogP contribution in [0.3, 0.4) is 0 Å². The molecule has 1 amide bonds. The smallest absolute Gasteiger partial charge is 0.357 e. The number of halogens is 4. The zero-order valence-electron chi connectivity index (χ0n) is 19.1. The Morgan fingerprint density at radius 3 is 2.57 bits per heavy atom. The molecule has 3 aromatic rings. The van der Waals surface area contributed by atoms with Gasteiger partial charge in [0, 0.05) is 43.9 Å². The van der Waals surface area contributed by atoms with E-state index in [2.05, 4.69) is 20.3 Å². The lowest BCUT2D eigenvalue weighted by Gasteiger charge is -2.32. The first-order valence-electron chi connectivity index (χ1n) is 11.5. The highest BCUT2D eigenvalue weighted by atomic mass is 19.4. The molecule has 5 rings (SSSR count). The highest BCUT2D eigenvalue weighted by molar-refractivity contribution is 5.97. The maximum absolute atomic E-state index is 14.5. The van der Waals surface area contributed by atoms with Gasteiger partial charge in [0.2, 0.25) is 0 Å². The first-order valence-corrected chi connectivity index (χ1v) is 11.5. The summed E-state index contributed by atoms with van der Waals surface area (Å²) in [5.74, 6) is -0.237. The van der Waals surface area contributed by atoms with Crippen molar-refractivity contribution in [2.75, 3.05) is 29.4 Å². The summed E-state index contributed by atoms with van der Waals surface area (Å²) in [4.78, 5) is 16.2. The summed E-state index contributed by atoms with van der Waals surface area (Å²) in [6, 6.07) is 4.83. The summed E-state index contributed by atoms with van der Waals surface area (Å²) in [6.07, 6.45) is 0.657. The van der Waals surface area contributed by atoms with Crippen molar-refractivity contribution in [1.29, 1.82) is 0 Å². The van der Waals surface area contributed by atoms with Crippen molar-refractivity contribution in [1.82, 2.24) is 24.8 Å². The lowest BCUT2D eigenvalue weighted by atomic mass is 9.94. The number of aromatic nitrogens is 5. The lowest BCUT2D eigenvalue weighted by molar-refractivity contribution is -0.134. The molecule has 0 bridgehead atoms. The van der Waals surface area contributed by atoms with Gasteiger partial charge in [-0.2, -0.15) is 18.3 Å². The number of carbonyl (C=O) groups is 1. The molecule has 8 nitrogen and oxygen atoms in total. The third-order valence-electron chi connectivity index (χ3n) is 6.82. The van der Waals surface area contributed by atoms with E-state index in [9.17, 15) is 22.4 Å². The lowest BCUT2D eigenvalue weighted by Crippen LogP contribution is -2.42. The number of aryl methyl sites for hydroxylation is 1. The van der Waals surface area contributed by atoms with Gasteiger partial charge in [0.15, 0.2) is 0 Å². The van der Waals surface area contributed by atoms with Crippen molar-refractivity contribution in [3.63, 3.8) is 0 Å². The Labute approximate surface area is 199 Å². The van der Waals surface area contributed by atoms with E-state index in [0.29, 0.717) is 10.6 Å². The summed E-state index contributed by atoms with van der Waals surface area (Å²) in [7, 11) is 1.89. The van der Waals surface area contributed by atoms with Gasteiger partial charge in [0.05, 0.1) is 17.6 Å². The molecule has 1 aromatic carbocycles. The molecule has 1 unspecified atom stereocenters. The molecule has 0 radical (unpaired) electrons. The minimum absolute atomic E-state index is 0.0438. The number of hydrogen-bond donors (Lipinski definition) is 0. The van der Waals surface area contributed by atoms with Gasteiger partial charge in [0.25, 0.3) is 5.91 Å². The van der Waals surface area contributed by atoms with E-state index in [1.165, 1.54) is 22.9 Å². The number of fused-ring (bicyclic) bond motifs is 1. The second kappa shape index (κ2) is 8.97. The van der Waals surface area contributed by atoms with E-state index < -0.39 is 30.5 Å². The Morgan fingerprint density at radius 2 is 1.89 bits per heavy atom. The van der Waals surface area contributed by atoms with Crippen molar-refractivity contribution in [3.05, 3.63) is 53.7 Å². The van der Waals surface area contributed by atoms with Gasteiger partial charge in [0.1, 0.15) is 24.2 Å². The molecule has 0 N–H and O–H groups in total. The molecule has 2 aromatic heterocycles. The van der Waals surface area contributed by atoms with Gasteiger partial charge in [-0.3, -0.25) is 9.48 Å². The minimum atomic E-state index is -4.64. The van der Waals surface area contributed by atoms with E-state index in [4.69, 9.17) is 0 Å². The standard InChI is InChI=1S/C23H25F4N7O/c1-31-21(7-10-28-31)32-11-8-15(9-12-32)18-13-34(30-29-18)20-6-5-16-17(24)3-2-4-19(16)33(22(20)35)14-23(25,26)27/h2-4,7,10,13,15,20H,5-6,8-9,11-12,14H2,1H3. The van der Waals surface area contributed by atoms with Crippen LogP contribution in [-0.2, 0) is 18.3 Å². The molecule has 4 heterocycles. The predicted molar refractivity (Wildman–Crippen MR) is 120 cm³/mol. The van der Waals surface area contributed by atoms with Gasteiger partial charge >= 0.3 is 6.18 Å². The average Bonchev–Trinajstić information content (AvgIpc) is 3.44. The van der Waals surface area contributed by atoms with Crippen LogP contribution in [0, 0.1) is 5.82 Å². The summed E-state index contributed by atoms with van der Waals surface area (Å²) in [5, 5.41) is 12.6. The van der Waals surface area contributed by atoms with E-state index in [-0.39, 0.29) is 30.0 Å². The van der Waals surface area contributed by atoms with Crippen LogP contribution in [0.2, 0.25) is 0 Å². The van der Waals surface area contributed by atoms with Gasteiger partial charge in [-0.1, -0.05) is 11.3 Å². The first-order chi connectivity index (χ1) is 16.7. The van der Waals surface area contributed by atoms with Crippen molar-refractivity contribution in [2.24, 2.45) is 7.05 Å². The molecule has 0 aliphatic carbocycles. The number of amides is 1. The van der Waals surface area contributed by atoms with Crippen molar-refractivity contribution in [3.8, 4) is 0 Å². The number of nitrogens with zero attached hydrogens (tertiary/aromatic N) is 7. The van der Waals surface area contributed by atoms with E-state index >= 15 is 0 Å². The van der Waals surface area contributed by atoms with Crippen LogP contribution in [0.5, 0.6) is 0 Å². The fourth-order valence-electron chi connectivity index (χ4n) is 5.05. The zero-order valence-corrected chi connectivity index (χ0v) is 19.1. The topological polar surface area (TPSA) is 72.1 Å². The predicted octanol–water partition coefficient (Wildman–Crippen LogP) is 3.62. The molecule has 35 heavy (non-hydrogen) atoms. The third kappa shape index (κ3) is 4.61. The molecule has 0 saturated carbocycles. The van der Waals surface area contributed by atoms with Gasteiger partial charge in [-0.05, 0) is 37.8 Å². The molecular formula is C23H25F4N7O. The van der Waals surface area contributed by atoms with E-state index in [1.807, 2.05) is 17.8 Å².